The summed E-state index contributed by atoms with van der Waals surface area (Å²) >= 11 is 0. The van der Waals surface area contributed by atoms with Crippen molar-refractivity contribution in [1.29, 1.82) is 0 Å². The zero-order valence-electron chi connectivity index (χ0n) is 13.0. The second kappa shape index (κ2) is 7.98. The fraction of sp³-hybridized carbons (Fsp3) is 0.625. The number of ether oxygens (including phenoxy) is 1. The van der Waals surface area contributed by atoms with Crippen LogP contribution < -0.4 is 10.1 Å². The predicted octanol–water partition coefficient (Wildman–Crippen LogP) is 1.94. The van der Waals surface area contributed by atoms with Crippen molar-refractivity contribution < 1.29 is 9.53 Å². The first-order chi connectivity index (χ1) is 10.3. The lowest BCUT2D eigenvalue weighted by Crippen LogP contribution is -2.41. The highest BCUT2D eigenvalue weighted by Crippen LogP contribution is 2.19. The van der Waals surface area contributed by atoms with Crippen molar-refractivity contribution in [1.82, 2.24) is 15.2 Å². The van der Waals surface area contributed by atoms with E-state index in [-0.39, 0.29) is 5.91 Å². The Morgan fingerprint density at radius 2 is 2.43 bits per heavy atom. The summed E-state index contributed by atoms with van der Waals surface area (Å²) in [5, 5.41) is 3.41. The van der Waals surface area contributed by atoms with Crippen molar-refractivity contribution in [3.63, 3.8) is 0 Å². The molecule has 1 atom stereocenters. The van der Waals surface area contributed by atoms with Gasteiger partial charge in [-0.1, -0.05) is 6.92 Å². The number of aromatic nitrogens is 1. The first kappa shape index (κ1) is 15.8. The van der Waals surface area contributed by atoms with E-state index in [0.29, 0.717) is 17.4 Å². The molecule has 1 aromatic rings. The topological polar surface area (TPSA) is 54.5 Å². The summed E-state index contributed by atoms with van der Waals surface area (Å²) in [5.74, 6) is 0.967. The Kier molecular flexibility index (Phi) is 5.99. The minimum absolute atomic E-state index is 0.0207. The van der Waals surface area contributed by atoms with Gasteiger partial charge in [-0.25, -0.2) is 4.98 Å². The lowest BCUT2D eigenvalue weighted by molar-refractivity contribution is 0.0714. The van der Waals surface area contributed by atoms with E-state index in [1.165, 1.54) is 12.8 Å². The summed E-state index contributed by atoms with van der Waals surface area (Å²) in [6.45, 7) is 5.76. The van der Waals surface area contributed by atoms with Gasteiger partial charge in [0.15, 0.2) is 0 Å². The third-order valence-electron chi connectivity index (χ3n) is 3.85. The van der Waals surface area contributed by atoms with E-state index in [4.69, 9.17) is 4.74 Å². The lowest BCUT2D eigenvalue weighted by atomic mass is 9.98. The molecule has 116 valence electrons. The number of hydrogen-bond acceptors (Lipinski definition) is 4. The highest BCUT2D eigenvalue weighted by atomic mass is 16.5. The number of carbonyl (C=O) groups excluding carboxylic acids is 1. The van der Waals surface area contributed by atoms with Gasteiger partial charge in [-0.3, -0.25) is 4.79 Å². The average Bonchev–Trinajstić information content (AvgIpc) is 2.54. The molecule has 0 aromatic carbocycles. The van der Waals surface area contributed by atoms with Crippen LogP contribution in [0.25, 0.3) is 0 Å². The number of methoxy groups -OCH3 is 1. The number of pyridine rings is 1. The Morgan fingerprint density at radius 3 is 3.10 bits per heavy atom. The van der Waals surface area contributed by atoms with E-state index >= 15 is 0 Å². The van der Waals surface area contributed by atoms with Crippen molar-refractivity contribution in [3.05, 3.63) is 23.9 Å². The molecule has 5 nitrogen and oxygen atoms in total. The molecule has 2 heterocycles. The molecule has 0 saturated carbocycles. The van der Waals surface area contributed by atoms with Crippen molar-refractivity contribution in [3.8, 4) is 5.88 Å². The van der Waals surface area contributed by atoms with Crippen LogP contribution >= 0.6 is 0 Å². The van der Waals surface area contributed by atoms with E-state index < -0.39 is 0 Å². The maximum atomic E-state index is 12.8. The van der Waals surface area contributed by atoms with Gasteiger partial charge in [0.1, 0.15) is 5.56 Å². The second-order valence-corrected chi connectivity index (χ2v) is 5.52. The summed E-state index contributed by atoms with van der Waals surface area (Å²) < 4.78 is 5.21. The van der Waals surface area contributed by atoms with Gasteiger partial charge in [0.05, 0.1) is 7.11 Å². The number of carbonyl (C=O) groups is 1. The van der Waals surface area contributed by atoms with Crippen LogP contribution in [0.3, 0.4) is 0 Å². The molecule has 2 rings (SSSR count). The Bertz CT molecular complexity index is 459. The van der Waals surface area contributed by atoms with Crippen LogP contribution in [0.2, 0.25) is 0 Å². The third kappa shape index (κ3) is 4.17. The molecule has 0 aliphatic carbocycles. The van der Waals surface area contributed by atoms with Crippen LogP contribution in [0.15, 0.2) is 18.3 Å². The first-order valence-corrected chi connectivity index (χ1v) is 7.75. The molecule has 1 aliphatic rings. The molecular formula is C16H25N3O2. The molecule has 1 N–H and O–H groups in total. The molecule has 1 saturated heterocycles. The molecule has 0 bridgehead atoms. The number of amides is 1. The average molecular weight is 291 g/mol. The Morgan fingerprint density at radius 1 is 1.57 bits per heavy atom. The third-order valence-corrected chi connectivity index (χ3v) is 3.85. The standard InChI is InChI=1S/C16H25N3O2/c1-3-10-19(12-13-6-4-8-17-11-13)16(20)14-7-5-9-18-15(14)21-2/h5,7,9,13,17H,3-4,6,8,10-12H2,1-2H3. The quantitative estimate of drug-likeness (QED) is 0.870. The summed E-state index contributed by atoms with van der Waals surface area (Å²) in [7, 11) is 1.55. The van der Waals surface area contributed by atoms with Crippen LogP contribution in [0, 0.1) is 5.92 Å². The normalized spacial score (nSPS) is 18.3. The maximum absolute atomic E-state index is 12.8. The highest BCUT2D eigenvalue weighted by Gasteiger charge is 2.23. The van der Waals surface area contributed by atoms with Crippen LogP contribution in [-0.2, 0) is 0 Å². The molecule has 0 radical (unpaired) electrons. The first-order valence-electron chi connectivity index (χ1n) is 7.75. The number of hydrogen-bond donors (Lipinski definition) is 1. The predicted molar refractivity (Wildman–Crippen MR) is 82.6 cm³/mol. The number of nitrogens with zero attached hydrogens (tertiary/aromatic N) is 2. The Balaban J connectivity index is 2.10. The van der Waals surface area contributed by atoms with Gasteiger partial charge in [0, 0.05) is 19.3 Å². The van der Waals surface area contributed by atoms with Crippen molar-refractivity contribution >= 4 is 5.91 Å². The van der Waals surface area contributed by atoms with Crippen LogP contribution in [-0.4, -0.2) is 49.1 Å². The second-order valence-electron chi connectivity index (χ2n) is 5.52. The van der Waals surface area contributed by atoms with Gasteiger partial charge in [-0.05, 0) is 50.4 Å². The Labute approximate surface area is 126 Å². The molecule has 1 unspecified atom stereocenters. The summed E-state index contributed by atoms with van der Waals surface area (Å²) in [5.41, 5.74) is 0.553. The number of rotatable bonds is 6. The zero-order chi connectivity index (χ0) is 15.1. The summed E-state index contributed by atoms with van der Waals surface area (Å²) in [6, 6.07) is 3.57. The van der Waals surface area contributed by atoms with Crippen molar-refractivity contribution in [2.75, 3.05) is 33.3 Å². The molecule has 1 aliphatic heterocycles. The monoisotopic (exact) mass is 291 g/mol. The molecule has 0 spiro atoms. The largest absolute Gasteiger partial charge is 0.480 e. The zero-order valence-corrected chi connectivity index (χ0v) is 13.0. The van der Waals surface area contributed by atoms with Gasteiger partial charge >= 0.3 is 0 Å². The molecule has 21 heavy (non-hydrogen) atoms. The van der Waals surface area contributed by atoms with Gasteiger partial charge in [-0.15, -0.1) is 0 Å². The summed E-state index contributed by atoms with van der Waals surface area (Å²) in [4.78, 5) is 18.8. The maximum Gasteiger partial charge on any atom is 0.259 e. The summed E-state index contributed by atoms with van der Waals surface area (Å²) in [6.07, 6.45) is 4.97. The van der Waals surface area contributed by atoms with Crippen LogP contribution in [0.1, 0.15) is 36.5 Å². The fourth-order valence-electron chi connectivity index (χ4n) is 2.82. The van der Waals surface area contributed by atoms with Gasteiger partial charge in [0.2, 0.25) is 5.88 Å². The Hall–Kier alpha value is -1.62. The SMILES string of the molecule is CCCN(CC1CCCNC1)C(=O)c1cccnc1OC. The van der Waals surface area contributed by atoms with E-state index in [2.05, 4.69) is 17.2 Å². The van der Waals surface area contributed by atoms with E-state index in [0.717, 1.165) is 32.6 Å². The van der Waals surface area contributed by atoms with E-state index in [9.17, 15) is 4.79 Å². The minimum Gasteiger partial charge on any atom is -0.480 e. The van der Waals surface area contributed by atoms with Crippen LogP contribution in [0.4, 0.5) is 0 Å². The van der Waals surface area contributed by atoms with Crippen LogP contribution in [0.5, 0.6) is 5.88 Å². The van der Waals surface area contributed by atoms with Gasteiger partial charge in [0.25, 0.3) is 5.91 Å². The molecule has 1 amide bonds. The smallest absolute Gasteiger partial charge is 0.259 e. The number of nitrogens with one attached hydrogen (secondary N) is 1. The minimum atomic E-state index is 0.0207. The lowest BCUT2D eigenvalue weighted by Gasteiger charge is -2.30. The molecular weight excluding hydrogens is 266 g/mol. The van der Waals surface area contributed by atoms with Crippen molar-refractivity contribution in [2.45, 2.75) is 26.2 Å². The molecule has 1 fully saturated rings. The van der Waals surface area contributed by atoms with E-state index in [1.807, 2.05) is 4.90 Å². The molecule has 5 heteroatoms. The van der Waals surface area contributed by atoms with Gasteiger partial charge in [-0.2, -0.15) is 0 Å². The number of piperidine rings is 1. The molecule has 1 aromatic heterocycles. The van der Waals surface area contributed by atoms with Gasteiger partial charge < -0.3 is 15.0 Å². The van der Waals surface area contributed by atoms with Crippen molar-refractivity contribution in [2.24, 2.45) is 5.92 Å². The van der Waals surface area contributed by atoms with E-state index in [1.54, 1.807) is 25.4 Å². The highest BCUT2D eigenvalue weighted by molar-refractivity contribution is 5.96. The fourth-order valence-corrected chi connectivity index (χ4v) is 2.82.